The van der Waals surface area contributed by atoms with Gasteiger partial charge in [0.15, 0.2) is 0 Å². The lowest BCUT2D eigenvalue weighted by Crippen LogP contribution is -2.26. The van der Waals surface area contributed by atoms with Gasteiger partial charge in [-0.1, -0.05) is 61.5 Å². The Balaban J connectivity index is 2.63. The Kier molecular flexibility index (Phi) is 6.17. The van der Waals surface area contributed by atoms with Crippen molar-refractivity contribution in [3.05, 3.63) is 47.3 Å². The van der Waals surface area contributed by atoms with Crippen molar-refractivity contribution >= 4 is 17.6 Å². The summed E-state index contributed by atoms with van der Waals surface area (Å²) in [6, 6.07) is 6.68. The van der Waals surface area contributed by atoms with Crippen LogP contribution in [-0.2, 0) is 10.8 Å². The molecule has 0 aliphatic heterocycles. The summed E-state index contributed by atoms with van der Waals surface area (Å²) in [5.41, 5.74) is 3.65. The number of carboxylic acids is 1. The van der Waals surface area contributed by atoms with E-state index in [1.807, 2.05) is 0 Å². The van der Waals surface area contributed by atoms with Gasteiger partial charge in [0.25, 0.3) is 0 Å². The summed E-state index contributed by atoms with van der Waals surface area (Å²) in [5.74, 6) is -0.115. The summed E-state index contributed by atoms with van der Waals surface area (Å²) in [6.07, 6.45) is 2.74. The Morgan fingerprint density at radius 3 is 1.79 bits per heavy atom. The van der Waals surface area contributed by atoms with E-state index in [0.717, 1.165) is 12.2 Å². The Labute approximate surface area is 168 Å². The van der Waals surface area contributed by atoms with E-state index < -0.39 is 5.97 Å². The molecule has 0 aliphatic carbocycles. The standard InChI is InChI=1S/C23H33N3O2/c1-15(2)14-26(21-24-12-16(13-25-21)20(27)28)19-10-17(22(3,4)5)9-18(11-19)23(6,7)8/h9-13,15H,14H2,1-8H3,(H,27,28). The summed E-state index contributed by atoms with van der Waals surface area (Å²) in [6.45, 7) is 18.3. The third-order valence-corrected chi connectivity index (χ3v) is 4.64. The maximum absolute atomic E-state index is 11.1. The van der Waals surface area contributed by atoms with Gasteiger partial charge < -0.3 is 10.0 Å². The average Bonchev–Trinajstić information content (AvgIpc) is 2.57. The summed E-state index contributed by atoms with van der Waals surface area (Å²) < 4.78 is 0. The van der Waals surface area contributed by atoms with E-state index in [0.29, 0.717) is 11.9 Å². The highest BCUT2D eigenvalue weighted by molar-refractivity contribution is 5.86. The van der Waals surface area contributed by atoms with E-state index >= 15 is 0 Å². The molecular weight excluding hydrogens is 350 g/mol. The van der Waals surface area contributed by atoms with Crippen molar-refractivity contribution in [2.24, 2.45) is 5.92 Å². The van der Waals surface area contributed by atoms with Gasteiger partial charge in [-0.3, -0.25) is 0 Å². The molecule has 0 unspecified atom stereocenters. The largest absolute Gasteiger partial charge is 0.478 e. The van der Waals surface area contributed by atoms with Crippen LogP contribution in [0, 0.1) is 5.92 Å². The number of aromatic carboxylic acids is 1. The highest BCUT2D eigenvalue weighted by atomic mass is 16.4. The molecular formula is C23H33N3O2. The predicted octanol–water partition coefficient (Wildman–Crippen LogP) is 5.56. The number of benzene rings is 1. The minimum atomic E-state index is -1.02. The number of hydrogen-bond donors (Lipinski definition) is 1. The molecule has 0 spiro atoms. The SMILES string of the molecule is CC(C)CN(c1cc(C(C)(C)C)cc(C(C)(C)C)c1)c1ncc(C(=O)O)cn1. The molecule has 5 heteroatoms. The van der Waals surface area contributed by atoms with E-state index in [9.17, 15) is 4.79 Å². The fourth-order valence-corrected chi connectivity index (χ4v) is 2.87. The monoisotopic (exact) mass is 383 g/mol. The lowest BCUT2D eigenvalue weighted by Gasteiger charge is -2.30. The number of anilines is 2. The third kappa shape index (κ3) is 5.31. The zero-order valence-corrected chi connectivity index (χ0v) is 18.4. The number of aromatic nitrogens is 2. The van der Waals surface area contributed by atoms with Crippen molar-refractivity contribution in [3.8, 4) is 0 Å². The minimum absolute atomic E-state index is 0.00747. The van der Waals surface area contributed by atoms with Crippen LogP contribution in [0.15, 0.2) is 30.6 Å². The molecule has 1 heterocycles. The smallest absolute Gasteiger partial charge is 0.338 e. The van der Waals surface area contributed by atoms with Gasteiger partial charge in [-0.15, -0.1) is 0 Å². The van der Waals surface area contributed by atoms with Crippen LogP contribution in [0.25, 0.3) is 0 Å². The second-order valence-electron chi connectivity index (χ2n) is 9.85. The maximum Gasteiger partial charge on any atom is 0.338 e. The van der Waals surface area contributed by atoms with E-state index in [2.05, 4.69) is 88.5 Å². The number of rotatable bonds is 5. The van der Waals surface area contributed by atoms with Crippen molar-refractivity contribution in [1.29, 1.82) is 0 Å². The van der Waals surface area contributed by atoms with Crippen molar-refractivity contribution < 1.29 is 9.90 Å². The zero-order chi connectivity index (χ0) is 21.3. The van der Waals surface area contributed by atoms with Gasteiger partial charge in [0.1, 0.15) is 0 Å². The van der Waals surface area contributed by atoms with Gasteiger partial charge >= 0.3 is 5.97 Å². The fourth-order valence-electron chi connectivity index (χ4n) is 2.87. The molecule has 1 aromatic heterocycles. The highest BCUT2D eigenvalue weighted by Crippen LogP contribution is 2.35. The molecule has 2 aromatic rings. The molecule has 28 heavy (non-hydrogen) atoms. The van der Waals surface area contributed by atoms with Crippen molar-refractivity contribution in [3.63, 3.8) is 0 Å². The Morgan fingerprint density at radius 1 is 0.964 bits per heavy atom. The average molecular weight is 384 g/mol. The van der Waals surface area contributed by atoms with Crippen LogP contribution in [-0.4, -0.2) is 27.6 Å². The number of nitrogens with zero attached hydrogens (tertiary/aromatic N) is 3. The molecule has 1 N–H and O–H groups in total. The van der Waals surface area contributed by atoms with Crippen LogP contribution >= 0.6 is 0 Å². The first-order chi connectivity index (χ1) is 12.8. The Bertz CT molecular complexity index is 796. The molecule has 0 bridgehead atoms. The van der Waals surface area contributed by atoms with E-state index in [4.69, 9.17) is 5.11 Å². The molecule has 2 rings (SSSR count). The second-order valence-corrected chi connectivity index (χ2v) is 9.85. The molecule has 152 valence electrons. The Hall–Kier alpha value is -2.43. The van der Waals surface area contributed by atoms with Gasteiger partial charge in [0.05, 0.1) is 5.56 Å². The van der Waals surface area contributed by atoms with Crippen molar-refractivity contribution in [2.75, 3.05) is 11.4 Å². The summed E-state index contributed by atoms with van der Waals surface area (Å²) >= 11 is 0. The molecule has 0 atom stereocenters. The predicted molar refractivity (Wildman–Crippen MR) is 115 cm³/mol. The molecule has 0 aliphatic rings. The van der Waals surface area contributed by atoms with Crippen molar-refractivity contribution in [2.45, 2.75) is 66.2 Å². The van der Waals surface area contributed by atoms with Crippen LogP contribution in [0.2, 0.25) is 0 Å². The van der Waals surface area contributed by atoms with Gasteiger partial charge in [-0.05, 0) is 40.0 Å². The number of carbonyl (C=O) groups is 1. The van der Waals surface area contributed by atoms with Gasteiger partial charge in [-0.25, -0.2) is 14.8 Å². The first-order valence-corrected chi connectivity index (χ1v) is 9.78. The van der Waals surface area contributed by atoms with Crippen LogP contribution < -0.4 is 4.90 Å². The summed E-state index contributed by atoms with van der Waals surface area (Å²) in [5, 5.41) is 9.14. The van der Waals surface area contributed by atoms with E-state index in [1.165, 1.54) is 23.5 Å². The molecule has 1 aromatic carbocycles. The zero-order valence-electron chi connectivity index (χ0n) is 18.4. The van der Waals surface area contributed by atoms with E-state index in [-0.39, 0.29) is 16.4 Å². The van der Waals surface area contributed by atoms with Crippen LogP contribution in [0.1, 0.15) is 76.9 Å². The molecule has 0 fully saturated rings. The molecule has 0 saturated heterocycles. The molecule has 5 nitrogen and oxygen atoms in total. The topological polar surface area (TPSA) is 66.3 Å². The number of carboxylic acid groups (broad SMARTS) is 1. The third-order valence-electron chi connectivity index (χ3n) is 4.64. The summed E-state index contributed by atoms with van der Waals surface area (Å²) in [4.78, 5) is 21.9. The quantitative estimate of drug-likeness (QED) is 0.732. The summed E-state index contributed by atoms with van der Waals surface area (Å²) in [7, 11) is 0. The maximum atomic E-state index is 11.1. The second kappa shape index (κ2) is 7.90. The van der Waals surface area contributed by atoms with Crippen molar-refractivity contribution in [1.82, 2.24) is 9.97 Å². The molecule has 0 radical (unpaired) electrons. The Morgan fingerprint density at radius 2 is 1.43 bits per heavy atom. The van der Waals surface area contributed by atoms with Gasteiger partial charge in [-0.2, -0.15) is 0 Å². The van der Waals surface area contributed by atoms with Crippen LogP contribution in [0.3, 0.4) is 0 Å². The fraction of sp³-hybridized carbons (Fsp3) is 0.522. The van der Waals surface area contributed by atoms with Gasteiger partial charge in [0, 0.05) is 24.6 Å². The number of hydrogen-bond acceptors (Lipinski definition) is 4. The minimum Gasteiger partial charge on any atom is -0.478 e. The molecule has 0 saturated carbocycles. The first-order valence-electron chi connectivity index (χ1n) is 9.78. The van der Waals surface area contributed by atoms with Crippen LogP contribution in [0.4, 0.5) is 11.6 Å². The lowest BCUT2D eigenvalue weighted by atomic mass is 9.80. The normalized spacial score (nSPS) is 12.3. The highest BCUT2D eigenvalue weighted by Gasteiger charge is 2.23. The first kappa shape index (κ1) is 21.9. The van der Waals surface area contributed by atoms with Gasteiger partial charge in [0.2, 0.25) is 5.95 Å². The molecule has 0 amide bonds. The van der Waals surface area contributed by atoms with Crippen LogP contribution in [0.5, 0.6) is 0 Å². The van der Waals surface area contributed by atoms with E-state index in [1.54, 1.807) is 0 Å². The lowest BCUT2D eigenvalue weighted by molar-refractivity contribution is 0.0696.